The Labute approximate surface area is 154 Å². The number of nitrogens with zero attached hydrogens (tertiary/aromatic N) is 2. The first-order valence-corrected chi connectivity index (χ1v) is 9.53. The molecule has 1 aromatic carbocycles. The van der Waals surface area contributed by atoms with E-state index in [9.17, 15) is 9.90 Å². The van der Waals surface area contributed by atoms with E-state index in [0.717, 1.165) is 21.9 Å². The van der Waals surface area contributed by atoms with Crippen molar-refractivity contribution in [1.82, 2.24) is 9.97 Å². The molecule has 3 aromatic rings. The lowest BCUT2D eigenvalue weighted by Gasteiger charge is -2.13. The highest BCUT2D eigenvalue weighted by atomic mass is 32.1. The Morgan fingerprint density at radius 1 is 1.32 bits per heavy atom. The van der Waals surface area contributed by atoms with Crippen LogP contribution in [0.5, 0.6) is 5.75 Å². The Morgan fingerprint density at radius 3 is 2.72 bits per heavy atom. The summed E-state index contributed by atoms with van der Waals surface area (Å²) in [5.74, 6) is 0.251. The maximum Gasteiger partial charge on any atom is 0.347 e. The fourth-order valence-corrected chi connectivity index (χ4v) is 3.85. The molecule has 130 valence electrons. The minimum absolute atomic E-state index is 0.269. The largest absolute Gasteiger partial charge is 0.493 e. The second kappa shape index (κ2) is 7.33. The molecular formula is C18H18N2O3S2. The van der Waals surface area contributed by atoms with Crippen LogP contribution in [0.4, 0.5) is 0 Å². The van der Waals surface area contributed by atoms with Gasteiger partial charge in [-0.15, -0.1) is 22.7 Å². The van der Waals surface area contributed by atoms with E-state index in [0.29, 0.717) is 23.2 Å². The fraction of sp³-hybridized carbons (Fsp3) is 0.278. The van der Waals surface area contributed by atoms with E-state index >= 15 is 0 Å². The summed E-state index contributed by atoms with van der Waals surface area (Å²) in [7, 11) is 0. The van der Waals surface area contributed by atoms with Crippen molar-refractivity contribution in [3.8, 4) is 26.9 Å². The molecule has 0 saturated carbocycles. The summed E-state index contributed by atoms with van der Waals surface area (Å²) in [4.78, 5) is 20.3. The molecule has 0 saturated heterocycles. The lowest BCUT2D eigenvalue weighted by molar-refractivity contribution is 0.0701. The van der Waals surface area contributed by atoms with E-state index in [1.807, 2.05) is 23.6 Å². The molecule has 0 fully saturated rings. The van der Waals surface area contributed by atoms with Crippen molar-refractivity contribution in [2.75, 3.05) is 6.61 Å². The highest BCUT2D eigenvalue weighted by molar-refractivity contribution is 7.17. The molecule has 0 atom stereocenters. The molecule has 0 bridgehead atoms. The first kappa shape index (κ1) is 17.6. The number of hydrogen-bond donors (Lipinski definition) is 1. The average Bonchev–Trinajstić information content (AvgIpc) is 3.22. The summed E-state index contributed by atoms with van der Waals surface area (Å²) in [5, 5.41) is 12.7. The first-order valence-electron chi connectivity index (χ1n) is 7.83. The molecule has 0 amide bonds. The van der Waals surface area contributed by atoms with E-state index in [-0.39, 0.29) is 4.88 Å². The normalized spacial score (nSPS) is 11.0. The van der Waals surface area contributed by atoms with E-state index in [4.69, 9.17) is 4.74 Å². The van der Waals surface area contributed by atoms with Crippen molar-refractivity contribution in [2.45, 2.75) is 20.8 Å². The van der Waals surface area contributed by atoms with Crippen molar-refractivity contribution in [1.29, 1.82) is 0 Å². The van der Waals surface area contributed by atoms with Crippen molar-refractivity contribution in [2.24, 2.45) is 5.92 Å². The van der Waals surface area contributed by atoms with Gasteiger partial charge in [0.2, 0.25) is 0 Å². The molecule has 0 spiro atoms. The number of hydrogen-bond acceptors (Lipinski definition) is 6. The van der Waals surface area contributed by atoms with Gasteiger partial charge in [0.25, 0.3) is 0 Å². The molecule has 0 aliphatic heterocycles. The Bertz CT molecular complexity index is 886. The summed E-state index contributed by atoms with van der Waals surface area (Å²) in [6.07, 6.45) is 1.76. The van der Waals surface area contributed by atoms with E-state index in [1.54, 1.807) is 13.1 Å². The number of aryl methyl sites for hydroxylation is 1. The van der Waals surface area contributed by atoms with Gasteiger partial charge in [0.15, 0.2) is 0 Å². The Morgan fingerprint density at radius 2 is 2.12 bits per heavy atom. The van der Waals surface area contributed by atoms with Crippen LogP contribution in [-0.4, -0.2) is 27.7 Å². The SMILES string of the molecule is Cc1nc(-c2ccc(OCC(C)C)c(-c3nccs3)c2)sc1C(=O)O. The van der Waals surface area contributed by atoms with Crippen LogP contribution < -0.4 is 4.74 Å². The molecule has 0 aliphatic carbocycles. The van der Waals surface area contributed by atoms with E-state index in [2.05, 4.69) is 23.8 Å². The topological polar surface area (TPSA) is 72.3 Å². The first-order chi connectivity index (χ1) is 12.0. The Kier molecular flexibility index (Phi) is 5.15. The molecule has 2 heterocycles. The third-order valence-electron chi connectivity index (χ3n) is 3.45. The Hall–Kier alpha value is -2.25. The third kappa shape index (κ3) is 3.88. The predicted octanol–water partition coefficient (Wildman–Crippen LogP) is 4.98. The number of aromatic carboxylic acids is 1. The lowest BCUT2D eigenvalue weighted by Crippen LogP contribution is -2.05. The molecule has 5 nitrogen and oxygen atoms in total. The molecule has 0 aliphatic rings. The standard InChI is InChI=1S/C18H18N2O3S2/c1-10(2)9-23-14-5-4-12(8-13(14)17-19-6-7-24-17)16-20-11(3)15(25-16)18(21)22/h4-8,10H,9H2,1-3H3,(H,21,22). The summed E-state index contributed by atoms with van der Waals surface area (Å²) >= 11 is 2.72. The third-order valence-corrected chi connectivity index (χ3v) is 5.45. The minimum Gasteiger partial charge on any atom is -0.493 e. The van der Waals surface area contributed by atoms with Gasteiger partial charge in [0.05, 0.1) is 17.9 Å². The van der Waals surface area contributed by atoms with Crippen molar-refractivity contribution in [3.63, 3.8) is 0 Å². The van der Waals surface area contributed by atoms with Crippen molar-refractivity contribution < 1.29 is 14.6 Å². The lowest BCUT2D eigenvalue weighted by atomic mass is 10.1. The van der Waals surface area contributed by atoms with Crippen LogP contribution in [0.15, 0.2) is 29.8 Å². The van der Waals surface area contributed by atoms with Gasteiger partial charge in [-0.2, -0.15) is 0 Å². The number of ether oxygens (including phenoxy) is 1. The zero-order valence-electron chi connectivity index (χ0n) is 14.1. The quantitative estimate of drug-likeness (QED) is 0.659. The number of benzene rings is 1. The van der Waals surface area contributed by atoms with Crippen LogP contribution >= 0.6 is 22.7 Å². The smallest absolute Gasteiger partial charge is 0.347 e. The number of carbonyl (C=O) groups is 1. The van der Waals surface area contributed by atoms with Crippen LogP contribution in [0.25, 0.3) is 21.1 Å². The minimum atomic E-state index is -0.946. The van der Waals surface area contributed by atoms with Gasteiger partial charge in [0.1, 0.15) is 20.6 Å². The van der Waals surface area contributed by atoms with Gasteiger partial charge >= 0.3 is 5.97 Å². The number of carboxylic acids is 1. The summed E-state index contributed by atoms with van der Waals surface area (Å²) < 4.78 is 5.94. The van der Waals surface area contributed by atoms with E-state index < -0.39 is 5.97 Å². The summed E-state index contributed by atoms with van der Waals surface area (Å²) in [5.41, 5.74) is 2.30. The second-order valence-electron chi connectivity index (χ2n) is 5.99. The zero-order chi connectivity index (χ0) is 18.0. The molecule has 0 radical (unpaired) electrons. The van der Waals surface area contributed by atoms with Gasteiger partial charge in [-0.3, -0.25) is 0 Å². The van der Waals surface area contributed by atoms with Gasteiger partial charge < -0.3 is 9.84 Å². The van der Waals surface area contributed by atoms with Gasteiger partial charge in [-0.05, 0) is 31.0 Å². The number of thiazole rings is 2. The van der Waals surface area contributed by atoms with Gasteiger partial charge in [-0.1, -0.05) is 13.8 Å². The fourth-order valence-electron chi connectivity index (χ4n) is 2.29. The summed E-state index contributed by atoms with van der Waals surface area (Å²) in [6.45, 7) is 6.54. The monoisotopic (exact) mass is 374 g/mol. The maximum absolute atomic E-state index is 11.3. The molecule has 1 N–H and O–H groups in total. The van der Waals surface area contributed by atoms with Crippen LogP contribution in [0, 0.1) is 12.8 Å². The van der Waals surface area contributed by atoms with Crippen LogP contribution in [0.2, 0.25) is 0 Å². The van der Waals surface area contributed by atoms with Crippen molar-refractivity contribution in [3.05, 3.63) is 40.3 Å². The number of carboxylic acid groups (broad SMARTS) is 1. The second-order valence-corrected chi connectivity index (χ2v) is 7.89. The van der Waals surface area contributed by atoms with Crippen LogP contribution in [0.1, 0.15) is 29.2 Å². The maximum atomic E-state index is 11.3. The highest BCUT2D eigenvalue weighted by Gasteiger charge is 2.17. The number of rotatable bonds is 6. The average molecular weight is 374 g/mol. The van der Waals surface area contributed by atoms with Crippen LogP contribution in [-0.2, 0) is 0 Å². The van der Waals surface area contributed by atoms with Crippen LogP contribution in [0.3, 0.4) is 0 Å². The summed E-state index contributed by atoms with van der Waals surface area (Å²) in [6, 6.07) is 5.79. The zero-order valence-corrected chi connectivity index (χ0v) is 15.8. The van der Waals surface area contributed by atoms with Gasteiger partial charge in [-0.25, -0.2) is 14.8 Å². The highest BCUT2D eigenvalue weighted by Crippen LogP contribution is 2.37. The number of aromatic nitrogens is 2. The van der Waals surface area contributed by atoms with Gasteiger partial charge in [0, 0.05) is 17.1 Å². The molecule has 25 heavy (non-hydrogen) atoms. The molecular weight excluding hydrogens is 356 g/mol. The van der Waals surface area contributed by atoms with Crippen molar-refractivity contribution >= 4 is 28.6 Å². The molecule has 2 aromatic heterocycles. The van der Waals surface area contributed by atoms with E-state index in [1.165, 1.54) is 22.7 Å². The Balaban J connectivity index is 2.03. The molecule has 3 rings (SSSR count). The molecule has 7 heteroatoms. The predicted molar refractivity (Wildman–Crippen MR) is 101 cm³/mol. The molecule has 0 unspecified atom stereocenters.